The van der Waals surface area contributed by atoms with E-state index in [0.29, 0.717) is 16.7 Å². The summed E-state index contributed by atoms with van der Waals surface area (Å²) in [5, 5.41) is 3.35. The molecule has 1 atom stereocenters. The molecule has 2 amide bonds. The van der Waals surface area contributed by atoms with Crippen LogP contribution >= 0.6 is 0 Å². The molecule has 0 saturated carbocycles. The number of aryl methyl sites for hydroxylation is 1. The number of aromatic amines is 1. The number of rotatable bonds is 6. The minimum atomic E-state index is -0.424. The second-order valence-corrected chi connectivity index (χ2v) is 7.15. The van der Waals surface area contributed by atoms with Crippen LogP contribution in [0.4, 0.5) is 0 Å². The van der Waals surface area contributed by atoms with Crippen LogP contribution in [0.3, 0.4) is 0 Å². The van der Waals surface area contributed by atoms with E-state index in [-0.39, 0.29) is 30.3 Å². The molecule has 0 unspecified atom stereocenters. The highest BCUT2D eigenvalue weighted by Gasteiger charge is 2.20. The van der Waals surface area contributed by atoms with Crippen molar-refractivity contribution >= 4 is 22.7 Å². The summed E-state index contributed by atoms with van der Waals surface area (Å²) in [6.07, 6.45) is 0.108. The quantitative estimate of drug-likeness (QED) is 0.674. The number of carbonyl (C=O) groups is 2. The average molecular weight is 392 g/mol. The number of nitrogens with zero attached hydrogens (tertiary/aromatic N) is 2. The largest absolute Gasteiger partial charge is 0.349 e. The Hall–Kier alpha value is -3.48. The van der Waals surface area contributed by atoms with Gasteiger partial charge in [0, 0.05) is 14.0 Å². The van der Waals surface area contributed by atoms with Gasteiger partial charge in [-0.05, 0) is 24.6 Å². The third-order valence-electron chi connectivity index (χ3n) is 4.71. The number of fused-ring (bicyclic) bond motifs is 1. The fourth-order valence-electron chi connectivity index (χ4n) is 3.15. The van der Waals surface area contributed by atoms with Crippen molar-refractivity contribution in [3.8, 4) is 0 Å². The van der Waals surface area contributed by atoms with Gasteiger partial charge in [0.2, 0.25) is 11.8 Å². The molecule has 0 aliphatic carbocycles. The molecule has 2 N–H and O–H groups in total. The van der Waals surface area contributed by atoms with Gasteiger partial charge in [-0.15, -0.1) is 0 Å². The zero-order chi connectivity index (χ0) is 21.0. The van der Waals surface area contributed by atoms with Crippen molar-refractivity contribution in [1.82, 2.24) is 20.2 Å². The lowest BCUT2D eigenvalue weighted by Gasteiger charge is -2.22. The Bertz CT molecular complexity index is 1090. The van der Waals surface area contributed by atoms with E-state index in [1.54, 1.807) is 25.2 Å². The second-order valence-electron chi connectivity index (χ2n) is 7.15. The van der Waals surface area contributed by atoms with Crippen LogP contribution in [0.15, 0.2) is 53.3 Å². The SMILES string of the molecule is CC(=O)N[C@H](CC(=O)N(C)Cc1nc2ccccc2c(=O)[nH]1)c1ccc(C)cc1. The van der Waals surface area contributed by atoms with Crippen molar-refractivity contribution in [3.05, 3.63) is 75.8 Å². The van der Waals surface area contributed by atoms with Crippen LogP contribution < -0.4 is 10.9 Å². The van der Waals surface area contributed by atoms with E-state index >= 15 is 0 Å². The van der Waals surface area contributed by atoms with E-state index in [1.807, 2.05) is 37.3 Å². The molecule has 2 aromatic carbocycles. The minimum Gasteiger partial charge on any atom is -0.349 e. The van der Waals surface area contributed by atoms with Crippen molar-refractivity contribution in [2.24, 2.45) is 0 Å². The molecule has 3 rings (SSSR count). The van der Waals surface area contributed by atoms with E-state index < -0.39 is 6.04 Å². The maximum atomic E-state index is 12.8. The summed E-state index contributed by atoms with van der Waals surface area (Å²) in [6, 6.07) is 14.3. The minimum absolute atomic E-state index is 0.108. The summed E-state index contributed by atoms with van der Waals surface area (Å²) < 4.78 is 0. The van der Waals surface area contributed by atoms with E-state index in [0.717, 1.165) is 11.1 Å². The van der Waals surface area contributed by atoms with Gasteiger partial charge in [0.1, 0.15) is 5.82 Å². The lowest BCUT2D eigenvalue weighted by atomic mass is 10.0. The number of para-hydroxylation sites is 1. The number of benzene rings is 2. The van der Waals surface area contributed by atoms with Crippen LogP contribution in [0, 0.1) is 6.92 Å². The molecular weight excluding hydrogens is 368 g/mol. The van der Waals surface area contributed by atoms with Gasteiger partial charge in [-0.2, -0.15) is 0 Å². The smallest absolute Gasteiger partial charge is 0.258 e. The molecule has 3 aromatic rings. The van der Waals surface area contributed by atoms with E-state index in [1.165, 1.54) is 11.8 Å². The molecule has 29 heavy (non-hydrogen) atoms. The summed E-state index contributed by atoms with van der Waals surface area (Å²) in [5.74, 6) is 0.0441. The van der Waals surface area contributed by atoms with Crippen LogP contribution in [0.2, 0.25) is 0 Å². The van der Waals surface area contributed by atoms with E-state index in [9.17, 15) is 14.4 Å². The molecule has 0 aliphatic rings. The summed E-state index contributed by atoms with van der Waals surface area (Å²) in [6.45, 7) is 3.58. The first-order valence-electron chi connectivity index (χ1n) is 9.39. The normalized spacial score (nSPS) is 11.8. The molecule has 7 heteroatoms. The van der Waals surface area contributed by atoms with Gasteiger partial charge >= 0.3 is 0 Å². The number of nitrogens with one attached hydrogen (secondary N) is 2. The van der Waals surface area contributed by atoms with Crippen LogP contribution in [-0.2, 0) is 16.1 Å². The molecule has 0 aliphatic heterocycles. The Kier molecular flexibility index (Phi) is 6.07. The van der Waals surface area contributed by atoms with Crippen molar-refractivity contribution in [2.75, 3.05) is 7.05 Å². The molecular formula is C22H24N4O3. The lowest BCUT2D eigenvalue weighted by Crippen LogP contribution is -2.34. The maximum absolute atomic E-state index is 12.8. The molecule has 0 saturated heterocycles. The molecule has 7 nitrogen and oxygen atoms in total. The summed E-state index contributed by atoms with van der Waals surface area (Å²) in [7, 11) is 1.65. The fourth-order valence-corrected chi connectivity index (χ4v) is 3.15. The van der Waals surface area contributed by atoms with Gasteiger partial charge in [-0.25, -0.2) is 4.98 Å². The average Bonchev–Trinajstić information content (AvgIpc) is 2.67. The topological polar surface area (TPSA) is 95.2 Å². The first-order chi connectivity index (χ1) is 13.8. The van der Waals surface area contributed by atoms with Crippen molar-refractivity contribution in [1.29, 1.82) is 0 Å². The zero-order valence-electron chi connectivity index (χ0n) is 16.7. The molecule has 1 heterocycles. The molecule has 0 bridgehead atoms. The van der Waals surface area contributed by atoms with Crippen molar-refractivity contribution in [3.63, 3.8) is 0 Å². The van der Waals surface area contributed by atoms with Gasteiger partial charge in [0.15, 0.2) is 0 Å². The van der Waals surface area contributed by atoms with Crippen LogP contribution in [0.1, 0.15) is 36.3 Å². The standard InChI is InChI=1S/C22H24N4O3/c1-14-8-10-16(11-9-14)19(23-15(2)27)12-21(28)26(3)13-20-24-18-7-5-4-6-17(18)22(29)25-20/h4-11,19H,12-13H2,1-3H3,(H,23,27)(H,24,25,29)/t19-/m1/s1. The number of H-pyrrole nitrogens is 1. The maximum Gasteiger partial charge on any atom is 0.258 e. The van der Waals surface area contributed by atoms with Gasteiger partial charge in [0.05, 0.1) is 29.9 Å². The summed E-state index contributed by atoms with van der Waals surface area (Å²) >= 11 is 0. The number of hydrogen-bond acceptors (Lipinski definition) is 4. The Morgan fingerprint density at radius 1 is 1.14 bits per heavy atom. The van der Waals surface area contributed by atoms with Gasteiger partial charge in [0.25, 0.3) is 5.56 Å². The highest BCUT2D eigenvalue weighted by Crippen LogP contribution is 2.19. The fraction of sp³-hybridized carbons (Fsp3) is 0.273. The van der Waals surface area contributed by atoms with Crippen LogP contribution in [0.5, 0.6) is 0 Å². The van der Waals surface area contributed by atoms with Crippen LogP contribution in [-0.4, -0.2) is 33.7 Å². The van der Waals surface area contributed by atoms with Gasteiger partial charge < -0.3 is 15.2 Å². The Balaban J connectivity index is 1.75. The predicted molar refractivity (Wildman–Crippen MR) is 111 cm³/mol. The highest BCUT2D eigenvalue weighted by atomic mass is 16.2. The Morgan fingerprint density at radius 2 is 1.83 bits per heavy atom. The third kappa shape index (κ3) is 5.07. The first kappa shape index (κ1) is 20.3. The molecule has 0 spiro atoms. The highest BCUT2D eigenvalue weighted by molar-refractivity contribution is 5.79. The second kappa shape index (κ2) is 8.68. The molecule has 0 fully saturated rings. The number of amides is 2. The lowest BCUT2D eigenvalue weighted by molar-refractivity contribution is -0.131. The van der Waals surface area contributed by atoms with E-state index in [4.69, 9.17) is 0 Å². The number of aromatic nitrogens is 2. The van der Waals surface area contributed by atoms with Gasteiger partial charge in [-0.3, -0.25) is 14.4 Å². The van der Waals surface area contributed by atoms with Gasteiger partial charge in [-0.1, -0.05) is 42.0 Å². The zero-order valence-corrected chi connectivity index (χ0v) is 16.7. The van der Waals surface area contributed by atoms with Crippen LogP contribution in [0.25, 0.3) is 10.9 Å². The third-order valence-corrected chi connectivity index (χ3v) is 4.71. The Morgan fingerprint density at radius 3 is 2.52 bits per heavy atom. The monoisotopic (exact) mass is 392 g/mol. The number of carbonyl (C=O) groups excluding carboxylic acids is 2. The van der Waals surface area contributed by atoms with E-state index in [2.05, 4.69) is 15.3 Å². The molecule has 1 aromatic heterocycles. The first-order valence-corrected chi connectivity index (χ1v) is 9.39. The molecule has 150 valence electrons. The molecule has 0 radical (unpaired) electrons. The summed E-state index contributed by atoms with van der Waals surface area (Å²) in [4.78, 5) is 45.3. The predicted octanol–water partition coefficient (Wildman–Crippen LogP) is 2.46. The van der Waals surface area contributed by atoms with Crippen molar-refractivity contribution < 1.29 is 9.59 Å². The van der Waals surface area contributed by atoms with Crippen molar-refractivity contribution in [2.45, 2.75) is 32.9 Å². The Labute approximate surface area is 168 Å². The number of hydrogen-bond donors (Lipinski definition) is 2. The summed E-state index contributed by atoms with van der Waals surface area (Å²) in [5.41, 5.74) is 2.32.